The van der Waals surface area contributed by atoms with Crippen molar-refractivity contribution in [1.82, 2.24) is 14.9 Å². The predicted octanol–water partition coefficient (Wildman–Crippen LogP) is 1.88. The maximum Gasteiger partial charge on any atom is 0.335 e. The SMILES string of the molecule is O=C(O)c1ccc(Cn2cnc(CNC3CC3)c2)cc1. The minimum Gasteiger partial charge on any atom is -0.478 e. The molecule has 2 N–H and O–H groups in total. The molecule has 0 radical (unpaired) electrons. The number of benzene rings is 1. The van der Waals surface area contributed by atoms with Crippen molar-refractivity contribution < 1.29 is 9.90 Å². The van der Waals surface area contributed by atoms with Crippen molar-refractivity contribution in [2.45, 2.75) is 32.0 Å². The molecule has 104 valence electrons. The van der Waals surface area contributed by atoms with E-state index in [1.807, 2.05) is 29.2 Å². The number of nitrogens with one attached hydrogen (secondary N) is 1. The summed E-state index contributed by atoms with van der Waals surface area (Å²) in [6.45, 7) is 1.52. The number of imidazole rings is 1. The molecule has 1 aliphatic carbocycles. The van der Waals surface area contributed by atoms with Crippen molar-refractivity contribution in [2.24, 2.45) is 0 Å². The van der Waals surface area contributed by atoms with Gasteiger partial charge in [-0.3, -0.25) is 0 Å². The quantitative estimate of drug-likeness (QED) is 0.842. The third-order valence-corrected chi connectivity index (χ3v) is 3.40. The number of carboxylic acids is 1. The van der Waals surface area contributed by atoms with Gasteiger partial charge >= 0.3 is 5.97 Å². The van der Waals surface area contributed by atoms with Gasteiger partial charge in [-0.05, 0) is 30.5 Å². The number of nitrogens with zero attached hydrogens (tertiary/aromatic N) is 2. The summed E-state index contributed by atoms with van der Waals surface area (Å²) in [5.74, 6) is -0.896. The van der Waals surface area contributed by atoms with Gasteiger partial charge in [-0.25, -0.2) is 9.78 Å². The average Bonchev–Trinajstić information content (AvgIpc) is 3.17. The monoisotopic (exact) mass is 271 g/mol. The zero-order chi connectivity index (χ0) is 13.9. The van der Waals surface area contributed by atoms with Gasteiger partial charge in [0, 0.05) is 25.3 Å². The fourth-order valence-electron chi connectivity index (χ4n) is 2.08. The molecule has 0 unspecified atom stereocenters. The van der Waals surface area contributed by atoms with Crippen molar-refractivity contribution in [1.29, 1.82) is 0 Å². The lowest BCUT2D eigenvalue weighted by atomic mass is 10.1. The van der Waals surface area contributed by atoms with Crippen molar-refractivity contribution in [3.05, 3.63) is 53.6 Å². The number of carboxylic acid groups (broad SMARTS) is 1. The number of carbonyl (C=O) groups is 1. The lowest BCUT2D eigenvalue weighted by Crippen LogP contribution is -2.15. The van der Waals surface area contributed by atoms with Crippen LogP contribution >= 0.6 is 0 Å². The first-order valence-corrected chi connectivity index (χ1v) is 6.77. The Balaban J connectivity index is 1.60. The first-order valence-electron chi connectivity index (χ1n) is 6.77. The molecular weight excluding hydrogens is 254 g/mol. The molecule has 0 saturated heterocycles. The molecule has 3 rings (SSSR count). The summed E-state index contributed by atoms with van der Waals surface area (Å²) >= 11 is 0. The minimum absolute atomic E-state index is 0.314. The number of hydrogen-bond donors (Lipinski definition) is 2. The van der Waals surface area contributed by atoms with E-state index in [2.05, 4.69) is 10.3 Å². The lowest BCUT2D eigenvalue weighted by molar-refractivity contribution is 0.0697. The molecular formula is C15H17N3O2. The molecule has 5 nitrogen and oxygen atoms in total. The lowest BCUT2D eigenvalue weighted by Gasteiger charge is -2.03. The highest BCUT2D eigenvalue weighted by molar-refractivity contribution is 5.87. The molecule has 1 saturated carbocycles. The first kappa shape index (κ1) is 12.9. The molecule has 0 atom stereocenters. The molecule has 1 aromatic heterocycles. The largest absolute Gasteiger partial charge is 0.478 e. The highest BCUT2D eigenvalue weighted by Crippen LogP contribution is 2.19. The number of hydrogen-bond acceptors (Lipinski definition) is 3. The van der Waals surface area contributed by atoms with Gasteiger partial charge in [0.1, 0.15) is 0 Å². The summed E-state index contributed by atoms with van der Waals surface area (Å²) < 4.78 is 2.01. The third-order valence-electron chi connectivity index (χ3n) is 3.40. The van der Waals surface area contributed by atoms with Crippen molar-refractivity contribution in [2.75, 3.05) is 0 Å². The fraction of sp³-hybridized carbons (Fsp3) is 0.333. The van der Waals surface area contributed by atoms with Crippen molar-refractivity contribution in [3.63, 3.8) is 0 Å². The Morgan fingerprint density at radius 3 is 2.75 bits per heavy atom. The topological polar surface area (TPSA) is 67.1 Å². The zero-order valence-corrected chi connectivity index (χ0v) is 11.1. The Morgan fingerprint density at radius 1 is 1.35 bits per heavy atom. The van der Waals surface area contributed by atoms with E-state index in [0.29, 0.717) is 18.2 Å². The number of aromatic carboxylic acids is 1. The van der Waals surface area contributed by atoms with Gasteiger partial charge in [0.05, 0.1) is 17.6 Å². The standard InChI is InChI=1S/C15H17N3O2/c19-15(20)12-3-1-11(2-4-12)8-18-9-14(17-10-18)7-16-13-5-6-13/h1-4,9-10,13,16H,5-8H2,(H,19,20). The Labute approximate surface area is 117 Å². The predicted molar refractivity (Wildman–Crippen MR) is 74.6 cm³/mol. The van der Waals surface area contributed by atoms with E-state index in [4.69, 9.17) is 5.11 Å². The normalized spacial score (nSPS) is 14.4. The second kappa shape index (κ2) is 5.46. The van der Waals surface area contributed by atoms with Crippen LogP contribution in [0.25, 0.3) is 0 Å². The summed E-state index contributed by atoms with van der Waals surface area (Å²) in [6.07, 6.45) is 6.39. The molecule has 5 heteroatoms. The van der Waals surface area contributed by atoms with Gasteiger partial charge < -0.3 is 15.0 Å². The highest BCUT2D eigenvalue weighted by atomic mass is 16.4. The smallest absolute Gasteiger partial charge is 0.335 e. The zero-order valence-electron chi connectivity index (χ0n) is 11.1. The van der Waals surface area contributed by atoms with Gasteiger partial charge in [-0.1, -0.05) is 12.1 Å². The fourth-order valence-corrected chi connectivity index (χ4v) is 2.08. The summed E-state index contributed by atoms with van der Waals surface area (Å²) in [5, 5.41) is 12.3. The Morgan fingerprint density at radius 2 is 2.10 bits per heavy atom. The first-order chi connectivity index (χ1) is 9.70. The molecule has 1 fully saturated rings. The maximum atomic E-state index is 10.8. The Hall–Kier alpha value is -2.14. The van der Waals surface area contributed by atoms with Gasteiger partial charge in [0.2, 0.25) is 0 Å². The molecule has 1 aliphatic rings. The van der Waals surface area contributed by atoms with Crippen LogP contribution in [0.2, 0.25) is 0 Å². The van der Waals surface area contributed by atoms with E-state index in [1.54, 1.807) is 12.1 Å². The summed E-state index contributed by atoms with van der Waals surface area (Å²) in [7, 11) is 0. The van der Waals surface area contributed by atoms with Crippen LogP contribution in [-0.4, -0.2) is 26.7 Å². The van der Waals surface area contributed by atoms with Crippen LogP contribution in [0.5, 0.6) is 0 Å². The van der Waals surface area contributed by atoms with Crippen molar-refractivity contribution in [3.8, 4) is 0 Å². The van der Waals surface area contributed by atoms with E-state index in [-0.39, 0.29) is 0 Å². The van der Waals surface area contributed by atoms with E-state index in [1.165, 1.54) is 12.8 Å². The molecule has 0 bridgehead atoms. The van der Waals surface area contributed by atoms with Crippen LogP contribution in [0.4, 0.5) is 0 Å². The third kappa shape index (κ3) is 3.24. The molecule has 1 heterocycles. The summed E-state index contributed by atoms with van der Waals surface area (Å²) in [4.78, 5) is 15.1. The minimum atomic E-state index is -0.896. The van der Waals surface area contributed by atoms with Crippen LogP contribution in [0.3, 0.4) is 0 Å². The number of rotatable bonds is 6. The van der Waals surface area contributed by atoms with Gasteiger partial charge in [0.25, 0.3) is 0 Å². The molecule has 1 aromatic carbocycles. The van der Waals surface area contributed by atoms with Crippen LogP contribution in [0.1, 0.15) is 34.5 Å². The van der Waals surface area contributed by atoms with Crippen LogP contribution in [-0.2, 0) is 13.1 Å². The molecule has 0 amide bonds. The molecule has 0 aliphatic heterocycles. The molecule has 0 spiro atoms. The molecule has 20 heavy (non-hydrogen) atoms. The second-order valence-corrected chi connectivity index (χ2v) is 5.19. The van der Waals surface area contributed by atoms with Gasteiger partial charge in [0.15, 0.2) is 0 Å². The second-order valence-electron chi connectivity index (χ2n) is 5.19. The summed E-state index contributed by atoms with van der Waals surface area (Å²) in [6, 6.07) is 7.62. The van der Waals surface area contributed by atoms with E-state index >= 15 is 0 Å². The maximum absolute atomic E-state index is 10.8. The van der Waals surface area contributed by atoms with Crippen LogP contribution < -0.4 is 5.32 Å². The van der Waals surface area contributed by atoms with E-state index in [0.717, 1.165) is 17.8 Å². The van der Waals surface area contributed by atoms with E-state index in [9.17, 15) is 4.79 Å². The van der Waals surface area contributed by atoms with Gasteiger partial charge in [-0.2, -0.15) is 0 Å². The van der Waals surface area contributed by atoms with E-state index < -0.39 is 5.97 Å². The van der Waals surface area contributed by atoms with Crippen LogP contribution in [0.15, 0.2) is 36.8 Å². The number of aromatic nitrogens is 2. The summed E-state index contributed by atoms with van der Waals surface area (Å²) in [5.41, 5.74) is 2.42. The van der Waals surface area contributed by atoms with Gasteiger partial charge in [-0.15, -0.1) is 0 Å². The Bertz CT molecular complexity index is 600. The highest BCUT2D eigenvalue weighted by Gasteiger charge is 2.20. The van der Waals surface area contributed by atoms with Crippen molar-refractivity contribution >= 4 is 5.97 Å². The van der Waals surface area contributed by atoms with Crippen LogP contribution in [0, 0.1) is 0 Å². The Kier molecular flexibility index (Phi) is 3.52. The average molecular weight is 271 g/mol. The molecule has 2 aromatic rings.